The number of aromatic nitrogens is 4. The van der Waals surface area contributed by atoms with Crippen molar-refractivity contribution in [2.75, 3.05) is 49.9 Å². The number of halogens is 1. The van der Waals surface area contributed by atoms with E-state index in [9.17, 15) is 0 Å². The number of nitrogens with two attached hydrogens (primary N) is 1. The van der Waals surface area contributed by atoms with Crippen LogP contribution in [0.5, 0.6) is 0 Å². The number of nitrogens with one attached hydrogen (secondary N) is 3. The van der Waals surface area contributed by atoms with E-state index < -0.39 is 0 Å². The van der Waals surface area contributed by atoms with Gasteiger partial charge in [-0.1, -0.05) is 75.6 Å². The van der Waals surface area contributed by atoms with Gasteiger partial charge < -0.3 is 31.5 Å². The van der Waals surface area contributed by atoms with Crippen molar-refractivity contribution in [1.29, 1.82) is 0 Å². The van der Waals surface area contributed by atoms with Crippen LogP contribution in [0.3, 0.4) is 0 Å². The molecule has 4 aliphatic carbocycles. The summed E-state index contributed by atoms with van der Waals surface area (Å²) in [7, 11) is 8.70. The van der Waals surface area contributed by atoms with Crippen LogP contribution < -0.4 is 21.7 Å². The maximum absolute atomic E-state index is 6.01. The van der Waals surface area contributed by atoms with E-state index in [1.807, 2.05) is 60.7 Å². The van der Waals surface area contributed by atoms with E-state index in [-0.39, 0.29) is 14.9 Å². The smallest absolute Gasteiger partial charge is 0.229 e. The predicted octanol–water partition coefficient (Wildman–Crippen LogP) is 9.60. The summed E-state index contributed by atoms with van der Waals surface area (Å²) in [5.41, 5.74) is 11.6. The van der Waals surface area contributed by atoms with Crippen molar-refractivity contribution in [2.24, 2.45) is 0 Å². The lowest BCUT2D eigenvalue weighted by Crippen LogP contribution is -2.36. The number of para-hydroxylation sites is 2. The summed E-state index contributed by atoms with van der Waals surface area (Å²) in [6.45, 7) is 0. The van der Waals surface area contributed by atoms with E-state index in [0.29, 0.717) is 35.4 Å². The van der Waals surface area contributed by atoms with Crippen molar-refractivity contribution >= 4 is 52.7 Å². The Hall–Kier alpha value is -4.51. The molecule has 2 aromatic carbocycles. The van der Waals surface area contributed by atoms with Gasteiger partial charge in [0.05, 0.1) is 11.4 Å². The van der Waals surface area contributed by atoms with Gasteiger partial charge in [0.1, 0.15) is 11.6 Å². The molecule has 10 nitrogen and oxygen atoms in total. The molecule has 4 aromatic rings. The van der Waals surface area contributed by atoms with Gasteiger partial charge in [-0.15, -0.1) is 0 Å². The highest BCUT2D eigenvalue weighted by Gasteiger charge is 2.26. The number of hydrogen-bond acceptors (Lipinski definition) is 10. The third kappa shape index (κ3) is 12.2. The molecule has 0 radical (unpaired) electrons. The highest BCUT2D eigenvalue weighted by atomic mass is 35.5. The number of fused-ring (bicyclic) bond motifs is 2. The Morgan fingerprint density at radius 1 is 0.600 bits per heavy atom. The molecule has 0 spiro atoms. The van der Waals surface area contributed by atoms with Crippen LogP contribution in [-0.4, -0.2) is 82.1 Å². The summed E-state index contributed by atoms with van der Waals surface area (Å²) in [4.78, 5) is 22.8. The van der Waals surface area contributed by atoms with Gasteiger partial charge in [0, 0.05) is 59.5 Å². The number of anilines is 5. The molecule has 0 aliphatic heterocycles. The van der Waals surface area contributed by atoms with E-state index >= 15 is 0 Å². The summed E-state index contributed by atoms with van der Waals surface area (Å²) in [6.07, 6.45) is 20.0. The van der Waals surface area contributed by atoms with Crippen LogP contribution in [0.25, 0.3) is 12.2 Å². The highest BCUT2D eigenvalue weighted by Crippen LogP contribution is 2.32. The van der Waals surface area contributed by atoms with Crippen molar-refractivity contribution in [2.45, 2.75) is 103 Å². The Balaban J connectivity index is 0.000000206. The van der Waals surface area contributed by atoms with Gasteiger partial charge in [0.2, 0.25) is 11.2 Å². The van der Waals surface area contributed by atoms with Crippen LogP contribution in [0, 0.1) is 0 Å². The third-order valence-corrected chi connectivity index (χ3v) is 10.7. The zero-order valence-corrected chi connectivity index (χ0v) is 32.4. The lowest BCUT2D eigenvalue weighted by molar-refractivity contribution is 0.221. The fourth-order valence-corrected chi connectivity index (χ4v) is 7.67. The number of nitrogens with zero attached hydrogens (tertiary/aromatic N) is 6. The Kier molecular flexibility index (Phi) is 16.5. The monoisotopic (exact) mass is 766 g/mol. The van der Waals surface area contributed by atoms with Gasteiger partial charge in [-0.25, -0.2) is 15.0 Å². The largest absolute Gasteiger partial charge is 0.399 e. The molecule has 2 aromatic heterocycles. The summed E-state index contributed by atoms with van der Waals surface area (Å²) >= 11 is 6.01. The van der Waals surface area contributed by atoms with Gasteiger partial charge >= 0.3 is 0 Å². The van der Waals surface area contributed by atoms with Gasteiger partial charge in [-0.2, -0.15) is 4.98 Å². The molecule has 55 heavy (non-hydrogen) atoms. The van der Waals surface area contributed by atoms with E-state index in [4.69, 9.17) is 27.3 Å². The van der Waals surface area contributed by atoms with Crippen molar-refractivity contribution in [3.8, 4) is 0 Å². The van der Waals surface area contributed by atoms with Crippen molar-refractivity contribution in [3.63, 3.8) is 0 Å². The van der Waals surface area contributed by atoms with E-state index in [1.54, 1.807) is 0 Å². The van der Waals surface area contributed by atoms with Crippen LogP contribution >= 0.6 is 11.6 Å². The molecule has 2 saturated carbocycles. The number of allylic oxidation sites excluding steroid dienone is 2. The second kappa shape index (κ2) is 21.0. The van der Waals surface area contributed by atoms with Crippen LogP contribution in [0.1, 0.15) is 88.7 Å². The Bertz CT molecular complexity index is 1810. The molecule has 2 heterocycles. The molecule has 0 saturated heterocycles. The number of nitrogen functional groups attached to an aromatic ring is 1. The standard InChI is InChI=1S/C21H27N5.C15H21ClN4.C6H7N.2CH4/c1-26(2)17-13-11-16(12-14-17)22-20-18-9-6-10-19(18)24-21(25-20)23-15-7-4-3-5-8-15;1-20(2)11-8-6-10(7-9-11)17-14-12-4-3-5-13(12)18-15(16)19-14;7-6-4-2-1-3-5-6;;/h3-9,16-17H,10-14H2,1-2H3,(H2,22,23,24,25);3-4,10-11H,5-9H2,1-2H3,(H,17,18,19);1-5H,7H2;2*1H4. The molecule has 0 unspecified atom stereocenters. The molecule has 5 N–H and O–H groups in total. The van der Waals surface area contributed by atoms with E-state index in [1.165, 1.54) is 51.4 Å². The van der Waals surface area contributed by atoms with Crippen LogP contribution in [0.4, 0.5) is 29.0 Å². The Morgan fingerprint density at radius 3 is 1.51 bits per heavy atom. The minimum absolute atomic E-state index is 0. The van der Waals surface area contributed by atoms with Gasteiger partial charge in [-0.3, -0.25) is 0 Å². The van der Waals surface area contributed by atoms with Crippen molar-refractivity contribution < 1.29 is 0 Å². The fraction of sp³-hybridized carbons (Fsp3) is 0.455. The fourth-order valence-electron chi connectivity index (χ4n) is 7.48. The second-order valence-corrected chi connectivity index (χ2v) is 15.1. The Labute approximate surface area is 335 Å². The average molecular weight is 768 g/mol. The number of hydrogen-bond donors (Lipinski definition) is 4. The topological polar surface area (TPSA) is 120 Å². The van der Waals surface area contributed by atoms with Crippen molar-refractivity contribution in [1.82, 2.24) is 29.7 Å². The van der Waals surface area contributed by atoms with E-state index in [2.05, 4.69) is 88.2 Å². The SMILES string of the molecule is C.C.CN(C)C1CCC(Nc2nc(Cl)nc3c2C=CC3)CC1.CN(C)C1CCC(Nc2nc(Nc3ccccc3)nc3c2C=CC3)CC1.Nc1ccccc1. The van der Waals surface area contributed by atoms with Gasteiger partial charge in [-0.05, 0) is 115 Å². The van der Waals surface area contributed by atoms with Crippen LogP contribution in [0.2, 0.25) is 5.28 Å². The number of benzene rings is 2. The first-order valence-corrected chi connectivity index (χ1v) is 19.4. The highest BCUT2D eigenvalue weighted by molar-refractivity contribution is 6.28. The molecule has 0 amide bonds. The van der Waals surface area contributed by atoms with Crippen molar-refractivity contribution in [3.05, 3.63) is 101 Å². The number of rotatable bonds is 8. The Morgan fingerprint density at radius 2 is 1.05 bits per heavy atom. The van der Waals surface area contributed by atoms with Crippen LogP contribution in [-0.2, 0) is 12.8 Å². The summed E-state index contributed by atoms with van der Waals surface area (Å²) in [5, 5.41) is 11.0. The lowest BCUT2D eigenvalue weighted by Gasteiger charge is -2.33. The first kappa shape index (κ1) is 43.2. The molecule has 0 atom stereocenters. The predicted molar refractivity (Wildman–Crippen MR) is 235 cm³/mol. The minimum atomic E-state index is 0. The normalized spacial score (nSPS) is 20.4. The average Bonchev–Trinajstić information content (AvgIpc) is 3.84. The quantitative estimate of drug-likeness (QED) is 0.102. The summed E-state index contributed by atoms with van der Waals surface area (Å²) in [5.74, 6) is 2.54. The molecular formula is C44H63ClN10. The molecule has 4 aliphatic rings. The van der Waals surface area contributed by atoms with E-state index in [0.717, 1.165) is 58.4 Å². The summed E-state index contributed by atoms with van der Waals surface area (Å²) in [6, 6.07) is 22.0. The molecule has 0 bridgehead atoms. The molecule has 11 heteroatoms. The first-order valence-electron chi connectivity index (χ1n) is 19.0. The first-order chi connectivity index (χ1) is 25.7. The van der Waals surface area contributed by atoms with Gasteiger partial charge in [0.15, 0.2) is 0 Å². The minimum Gasteiger partial charge on any atom is -0.399 e. The second-order valence-electron chi connectivity index (χ2n) is 14.8. The lowest BCUT2D eigenvalue weighted by atomic mass is 9.90. The maximum atomic E-state index is 6.01. The molecule has 296 valence electrons. The van der Waals surface area contributed by atoms with Gasteiger partial charge in [0.25, 0.3) is 0 Å². The zero-order chi connectivity index (χ0) is 37.2. The maximum Gasteiger partial charge on any atom is 0.229 e. The van der Waals surface area contributed by atoms with Crippen LogP contribution in [0.15, 0.2) is 72.8 Å². The molecular weight excluding hydrogens is 704 g/mol. The molecule has 8 rings (SSSR count). The summed E-state index contributed by atoms with van der Waals surface area (Å²) < 4.78 is 0. The zero-order valence-electron chi connectivity index (χ0n) is 31.6. The third-order valence-electron chi connectivity index (χ3n) is 10.6. The molecule has 2 fully saturated rings.